The van der Waals surface area contributed by atoms with Crippen molar-refractivity contribution in [3.8, 4) is 0 Å². The SMILES string of the molecule is Cc1ccc[c-]c1CCC(C)C.[Y].[Y].[Y].[Y].[Y].[Y].[Y].[Y].[Y].[Y].[Y].[Y]. The van der Waals surface area contributed by atoms with E-state index in [9.17, 15) is 0 Å². The molecule has 102 valence electrons. The first kappa shape index (κ1) is 76.6. The van der Waals surface area contributed by atoms with Crippen LogP contribution in [0.5, 0.6) is 0 Å². The molecule has 1 rings (SSSR count). The van der Waals surface area contributed by atoms with Gasteiger partial charge < -0.3 is 0 Å². The molecule has 24 heavy (non-hydrogen) atoms. The van der Waals surface area contributed by atoms with Crippen molar-refractivity contribution in [2.75, 3.05) is 0 Å². The molecule has 0 aliphatic heterocycles. The molecule has 0 saturated carbocycles. The van der Waals surface area contributed by atoms with Gasteiger partial charge in [-0.15, -0.1) is 0 Å². The van der Waals surface area contributed by atoms with Gasteiger partial charge in [0.05, 0.1) is 0 Å². The van der Waals surface area contributed by atoms with Crippen molar-refractivity contribution in [3.05, 3.63) is 35.4 Å². The van der Waals surface area contributed by atoms with Crippen molar-refractivity contribution in [1.29, 1.82) is 0 Å². The Balaban J connectivity index is -0.0000000120. The third kappa shape index (κ3) is 47.6. The average molecular weight is 1230 g/mol. The zero-order valence-electron chi connectivity index (χ0n) is 15.2. The second-order valence-corrected chi connectivity index (χ2v) is 3.76. The molecule has 1 aromatic carbocycles. The minimum Gasteiger partial charge on any atom is -0.180 e. The molecule has 0 aromatic heterocycles. The first-order chi connectivity index (χ1) is 5.70. The van der Waals surface area contributed by atoms with Crippen molar-refractivity contribution in [2.24, 2.45) is 5.92 Å². The zero-order chi connectivity index (χ0) is 8.97. The normalized spacial score (nSPS) is 5.33. The molecule has 0 amide bonds. The maximum absolute atomic E-state index is 3.29. The number of hydrogen-bond donors (Lipinski definition) is 0. The van der Waals surface area contributed by atoms with Gasteiger partial charge in [-0.3, -0.25) is 0 Å². The monoisotopic (exact) mass is 1230 g/mol. The second-order valence-electron chi connectivity index (χ2n) is 3.76. The molecule has 0 fully saturated rings. The average Bonchev–Trinajstić information content (AvgIpc) is 2.03. The fraction of sp³-hybridized carbons (Fsp3) is 0.500. The largest absolute Gasteiger partial charge is 0.180 e. The summed E-state index contributed by atoms with van der Waals surface area (Å²) in [6.07, 6.45) is 2.44. The van der Waals surface area contributed by atoms with Crippen molar-refractivity contribution in [1.82, 2.24) is 0 Å². The van der Waals surface area contributed by atoms with Crippen LogP contribution in [0.15, 0.2) is 18.2 Å². The van der Waals surface area contributed by atoms with Gasteiger partial charge in [0.1, 0.15) is 0 Å². The Morgan fingerprint density at radius 2 is 1.12 bits per heavy atom. The first-order valence-corrected chi connectivity index (χ1v) is 4.66. The molecule has 12 heteroatoms. The summed E-state index contributed by atoms with van der Waals surface area (Å²) in [5, 5.41) is 0. The quantitative estimate of drug-likeness (QED) is 0.409. The Kier molecular flexibility index (Phi) is 178. The predicted octanol–water partition coefficient (Wildman–Crippen LogP) is 3.35. The summed E-state index contributed by atoms with van der Waals surface area (Å²) in [7, 11) is 0. The van der Waals surface area contributed by atoms with E-state index in [-0.39, 0.29) is 393 Å². The maximum Gasteiger partial charge on any atom is 0 e. The topological polar surface area (TPSA) is 0 Å². The van der Waals surface area contributed by atoms with Gasteiger partial charge >= 0.3 is 0 Å². The summed E-state index contributed by atoms with van der Waals surface area (Å²) < 4.78 is 0. The summed E-state index contributed by atoms with van der Waals surface area (Å²) in [5.41, 5.74) is 2.75. The van der Waals surface area contributed by atoms with Crippen LogP contribution in [0.2, 0.25) is 0 Å². The molecule has 0 heterocycles. The minimum absolute atomic E-state index is 0. The molecule has 1 aromatic rings. The molecule has 0 N–H and O–H groups in total. The van der Waals surface area contributed by atoms with Crippen molar-refractivity contribution >= 4 is 0 Å². The van der Waals surface area contributed by atoms with E-state index < -0.39 is 0 Å². The van der Waals surface area contributed by atoms with E-state index in [1.54, 1.807) is 0 Å². The van der Waals surface area contributed by atoms with E-state index in [4.69, 9.17) is 0 Å². The van der Waals surface area contributed by atoms with Crippen LogP contribution < -0.4 is 0 Å². The van der Waals surface area contributed by atoms with E-state index in [1.165, 1.54) is 24.0 Å². The molecule has 0 spiro atoms. The summed E-state index contributed by atoms with van der Waals surface area (Å²) >= 11 is 0. The van der Waals surface area contributed by atoms with E-state index in [0.29, 0.717) is 0 Å². The predicted molar refractivity (Wildman–Crippen MR) is 53.2 cm³/mol. The van der Waals surface area contributed by atoms with Crippen LogP contribution in [0.4, 0.5) is 0 Å². The van der Waals surface area contributed by atoms with Gasteiger partial charge in [-0.2, -0.15) is 35.4 Å². The van der Waals surface area contributed by atoms with Gasteiger partial charge in [0.25, 0.3) is 0 Å². The smallest absolute Gasteiger partial charge is 0 e. The van der Waals surface area contributed by atoms with Gasteiger partial charge in [0, 0.05) is 393 Å². The number of hydrogen-bond acceptors (Lipinski definition) is 0. The van der Waals surface area contributed by atoms with Crippen molar-refractivity contribution in [2.45, 2.75) is 33.6 Å². The maximum atomic E-state index is 3.29. The van der Waals surface area contributed by atoms with Crippen molar-refractivity contribution < 1.29 is 393 Å². The van der Waals surface area contributed by atoms with Crippen LogP contribution in [0.1, 0.15) is 31.4 Å². The minimum atomic E-state index is 0. The molecule has 0 saturated heterocycles. The van der Waals surface area contributed by atoms with Gasteiger partial charge in [-0.05, 0) is 12.3 Å². The molecular weight excluding hydrogens is 1210 g/mol. The third-order valence-electron chi connectivity index (χ3n) is 2.15. The van der Waals surface area contributed by atoms with Crippen molar-refractivity contribution in [3.63, 3.8) is 0 Å². The Bertz CT molecular complexity index is 260. The Morgan fingerprint density at radius 3 is 1.42 bits per heavy atom. The van der Waals surface area contributed by atoms with E-state index >= 15 is 0 Å². The summed E-state index contributed by atoms with van der Waals surface area (Å²) in [6, 6.07) is 9.50. The third-order valence-corrected chi connectivity index (χ3v) is 2.15. The second kappa shape index (κ2) is 55.8. The molecule has 0 atom stereocenters. The number of rotatable bonds is 3. The number of benzene rings is 1. The zero-order valence-corrected chi connectivity index (χ0v) is 49.2. The van der Waals surface area contributed by atoms with Gasteiger partial charge in [-0.1, -0.05) is 27.2 Å². The van der Waals surface area contributed by atoms with Crippen LogP contribution >= 0.6 is 0 Å². The van der Waals surface area contributed by atoms with Crippen LogP contribution in [-0.2, 0) is 399 Å². The molecule has 0 unspecified atom stereocenters. The van der Waals surface area contributed by atoms with Crippen LogP contribution in [0.25, 0.3) is 0 Å². The molecule has 12 radical (unpaired) electrons. The van der Waals surface area contributed by atoms with Crippen LogP contribution in [-0.4, -0.2) is 0 Å². The molecular formula is C12H17Y12-. The summed E-state index contributed by atoms with van der Waals surface area (Å²) in [4.78, 5) is 0. The van der Waals surface area contributed by atoms with Crippen LogP contribution in [0, 0.1) is 18.9 Å². The first-order valence-electron chi connectivity index (χ1n) is 4.66. The van der Waals surface area contributed by atoms with Gasteiger partial charge in [0.2, 0.25) is 0 Å². The van der Waals surface area contributed by atoms with E-state index in [0.717, 1.165) is 5.92 Å². The van der Waals surface area contributed by atoms with Gasteiger partial charge in [-0.25, -0.2) is 0 Å². The fourth-order valence-electron chi connectivity index (χ4n) is 1.26. The molecule has 0 bridgehead atoms. The van der Waals surface area contributed by atoms with Gasteiger partial charge in [0.15, 0.2) is 0 Å². The molecule has 0 aliphatic carbocycles. The Labute approximate surface area is 452 Å². The number of aryl methyl sites for hydroxylation is 2. The fourth-order valence-corrected chi connectivity index (χ4v) is 1.26. The Morgan fingerprint density at radius 1 is 0.750 bits per heavy atom. The summed E-state index contributed by atoms with van der Waals surface area (Å²) in [6.45, 7) is 6.68. The standard InChI is InChI=1S/C12H17.12Y/c1-10(2)8-9-12-7-5-4-6-11(12)3;;;;;;;;;;;;/h4-6,10H,8-9H2,1-3H3;;;;;;;;;;;;/q-1;;;;;;;;;;;;. The van der Waals surface area contributed by atoms with E-state index in [1.807, 2.05) is 12.1 Å². The Hall–Kier alpha value is 12.5. The van der Waals surface area contributed by atoms with Crippen LogP contribution in [0.3, 0.4) is 0 Å². The molecule has 0 nitrogen and oxygen atoms in total. The van der Waals surface area contributed by atoms with E-state index in [2.05, 4.69) is 32.9 Å². The molecule has 0 aliphatic rings. The summed E-state index contributed by atoms with van der Waals surface area (Å²) in [5.74, 6) is 0.790.